The number of nitrogens with one attached hydrogen (secondary N) is 1. The summed E-state index contributed by atoms with van der Waals surface area (Å²) in [6.45, 7) is 0. The van der Waals surface area contributed by atoms with E-state index in [1.165, 1.54) is 18.6 Å². The average Bonchev–Trinajstić information content (AvgIpc) is 3.03. The first-order valence-corrected chi connectivity index (χ1v) is 7.17. The summed E-state index contributed by atoms with van der Waals surface area (Å²) < 4.78 is 0. The van der Waals surface area contributed by atoms with E-state index in [0.717, 1.165) is 19.3 Å². The Labute approximate surface area is 121 Å². The van der Waals surface area contributed by atoms with Gasteiger partial charge in [-0.15, -0.1) is 0 Å². The highest BCUT2D eigenvalue weighted by molar-refractivity contribution is 6.32. The van der Waals surface area contributed by atoms with Crippen molar-refractivity contribution in [2.45, 2.75) is 25.7 Å². The molecular weight excluding hydrogens is 280 g/mol. The van der Waals surface area contributed by atoms with Crippen LogP contribution in [0.15, 0.2) is 18.2 Å². The van der Waals surface area contributed by atoms with Gasteiger partial charge in [0, 0.05) is 17.7 Å². The molecule has 3 atom stereocenters. The van der Waals surface area contributed by atoms with E-state index in [0.29, 0.717) is 17.5 Å². The number of nitro groups is 1. The van der Waals surface area contributed by atoms with Crippen molar-refractivity contribution in [3.8, 4) is 0 Å². The van der Waals surface area contributed by atoms with Crippen LogP contribution in [-0.2, 0) is 4.79 Å². The number of benzene rings is 1. The van der Waals surface area contributed by atoms with Crippen LogP contribution in [0, 0.1) is 27.9 Å². The monoisotopic (exact) mass is 294 g/mol. The zero-order chi connectivity index (χ0) is 14.3. The molecule has 2 bridgehead atoms. The fraction of sp³-hybridized carbons (Fsp3) is 0.500. The predicted molar refractivity (Wildman–Crippen MR) is 75.7 cm³/mol. The van der Waals surface area contributed by atoms with Gasteiger partial charge in [-0.05, 0) is 43.2 Å². The largest absolute Gasteiger partial charge is 0.326 e. The molecule has 0 unspecified atom stereocenters. The van der Waals surface area contributed by atoms with E-state index in [1.807, 2.05) is 0 Å². The SMILES string of the molecule is O=C(Nc1ccc(Cl)c([N+](=O)[O-])c1)[C@H]1C[C@H]2CC[C@H]1C2. The molecular formula is C14H15ClN2O3. The van der Waals surface area contributed by atoms with E-state index in [1.54, 1.807) is 6.07 Å². The summed E-state index contributed by atoms with van der Waals surface area (Å²) in [7, 11) is 0. The second-order valence-electron chi connectivity index (χ2n) is 5.69. The smallest absolute Gasteiger partial charge is 0.289 e. The lowest BCUT2D eigenvalue weighted by Gasteiger charge is -2.20. The van der Waals surface area contributed by atoms with Gasteiger partial charge in [-0.25, -0.2) is 0 Å². The number of nitrogens with zero attached hydrogens (tertiary/aromatic N) is 1. The number of hydrogen-bond donors (Lipinski definition) is 1. The molecule has 0 heterocycles. The molecule has 3 rings (SSSR count). The standard InChI is InChI=1S/C14H15ClN2O3/c15-12-4-3-10(7-13(12)17(19)20)16-14(18)11-6-8-1-2-9(11)5-8/h3-4,7-9,11H,1-2,5-6H2,(H,16,18)/t8-,9-,11-/m0/s1. The lowest BCUT2D eigenvalue weighted by atomic mass is 9.88. The van der Waals surface area contributed by atoms with Gasteiger partial charge in [0.05, 0.1) is 4.92 Å². The molecule has 0 aliphatic heterocycles. The summed E-state index contributed by atoms with van der Waals surface area (Å²) in [6.07, 6.45) is 4.47. The van der Waals surface area contributed by atoms with Crippen LogP contribution in [0.4, 0.5) is 11.4 Å². The van der Waals surface area contributed by atoms with Gasteiger partial charge in [0.15, 0.2) is 0 Å². The summed E-state index contributed by atoms with van der Waals surface area (Å²) in [5.41, 5.74) is 0.256. The number of hydrogen-bond acceptors (Lipinski definition) is 3. The first-order chi connectivity index (χ1) is 9.54. The summed E-state index contributed by atoms with van der Waals surface area (Å²) >= 11 is 5.75. The van der Waals surface area contributed by atoms with Gasteiger partial charge in [-0.2, -0.15) is 0 Å². The van der Waals surface area contributed by atoms with Crippen LogP contribution < -0.4 is 5.32 Å². The summed E-state index contributed by atoms with van der Waals surface area (Å²) in [6, 6.07) is 4.35. The number of carbonyl (C=O) groups is 1. The van der Waals surface area contributed by atoms with Crippen LogP contribution in [0.2, 0.25) is 5.02 Å². The van der Waals surface area contributed by atoms with Crippen molar-refractivity contribution in [2.24, 2.45) is 17.8 Å². The van der Waals surface area contributed by atoms with Crippen molar-refractivity contribution in [3.05, 3.63) is 33.3 Å². The molecule has 0 radical (unpaired) electrons. The van der Waals surface area contributed by atoms with Crippen LogP contribution in [-0.4, -0.2) is 10.8 Å². The van der Waals surface area contributed by atoms with Crippen LogP contribution in [0.1, 0.15) is 25.7 Å². The first kappa shape index (κ1) is 13.4. The average molecular weight is 295 g/mol. The summed E-state index contributed by atoms with van der Waals surface area (Å²) in [4.78, 5) is 22.5. The molecule has 1 amide bonds. The molecule has 2 saturated carbocycles. The van der Waals surface area contributed by atoms with Crippen molar-refractivity contribution >= 4 is 28.9 Å². The van der Waals surface area contributed by atoms with E-state index in [4.69, 9.17) is 11.6 Å². The maximum atomic E-state index is 12.3. The second-order valence-corrected chi connectivity index (χ2v) is 6.10. The van der Waals surface area contributed by atoms with Gasteiger partial charge in [-0.1, -0.05) is 18.0 Å². The van der Waals surface area contributed by atoms with Gasteiger partial charge in [-0.3, -0.25) is 14.9 Å². The Hall–Kier alpha value is -1.62. The molecule has 6 heteroatoms. The van der Waals surface area contributed by atoms with Gasteiger partial charge in [0.2, 0.25) is 5.91 Å². The number of halogens is 1. The molecule has 1 N–H and O–H groups in total. The first-order valence-electron chi connectivity index (χ1n) is 6.79. The van der Waals surface area contributed by atoms with E-state index in [9.17, 15) is 14.9 Å². The number of anilines is 1. The van der Waals surface area contributed by atoms with Gasteiger partial charge in [0.1, 0.15) is 5.02 Å². The molecule has 0 aromatic heterocycles. The summed E-state index contributed by atoms with van der Waals surface area (Å²) in [5, 5.41) is 13.7. The molecule has 1 aromatic carbocycles. The molecule has 106 valence electrons. The van der Waals surface area contributed by atoms with Crippen LogP contribution in [0.3, 0.4) is 0 Å². The minimum Gasteiger partial charge on any atom is -0.326 e. The lowest BCUT2D eigenvalue weighted by molar-refractivity contribution is -0.384. The van der Waals surface area contributed by atoms with E-state index < -0.39 is 4.92 Å². The van der Waals surface area contributed by atoms with Crippen molar-refractivity contribution < 1.29 is 9.72 Å². The molecule has 5 nitrogen and oxygen atoms in total. The highest BCUT2D eigenvalue weighted by atomic mass is 35.5. The Balaban J connectivity index is 1.73. The molecule has 0 saturated heterocycles. The van der Waals surface area contributed by atoms with E-state index in [-0.39, 0.29) is 22.5 Å². The molecule has 20 heavy (non-hydrogen) atoms. The number of nitro benzene ring substituents is 1. The Morgan fingerprint density at radius 2 is 2.15 bits per heavy atom. The Morgan fingerprint density at radius 1 is 1.35 bits per heavy atom. The minimum absolute atomic E-state index is 0.0196. The normalized spacial score (nSPS) is 27.6. The maximum absolute atomic E-state index is 12.3. The molecule has 1 aromatic rings. The van der Waals surface area contributed by atoms with Crippen LogP contribution >= 0.6 is 11.6 Å². The molecule has 2 aliphatic rings. The van der Waals surface area contributed by atoms with Crippen molar-refractivity contribution in [1.29, 1.82) is 0 Å². The predicted octanol–water partition coefficient (Wildman–Crippen LogP) is 3.62. The van der Waals surface area contributed by atoms with Crippen LogP contribution in [0.25, 0.3) is 0 Å². The third-order valence-corrected chi connectivity index (χ3v) is 4.80. The maximum Gasteiger partial charge on any atom is 0.289 e. The van der Waals surface area contributed by atoms with Crippen molar-refractivity contribution in [3.63, 3.8) is 0 Å². The van der Waals surface area contributed by atoms with Crippen molar-refractivity contribution in [1.82, 2.24) is 0 Å². The third kappa shape index (κ3) is 2.38. The quantitative estimate of drug-likeness (QED) is 0.683. The van der Waals surface area contributed by atoms with E-state index >= 15 is 0 Å². The van der Waals surface area contributed by atoms with Gasteiger partial charge in [0.25, 0.3) is 5.69 Å². The van der Waals surface area contributed by atoms with E-state index in [2.05, 4.69) is 5.32 Å². The van der Waals surface area contributed by atoms with Gasteiger partial charge >= 0.3 is 0 Å². The second kappa shape index (κ2) is 5.05. The molecule has 0 spiro atoms. The zero-order valence-corrected chi connectivity index (χ0v) is 11.6. The number of rotatable bonds is 3. The number of carbonyl (C=O) groups excluding carboxylic acids is 1. The van der Waals surface area contributed by atoms with Crippen LogP contribution in [0.5, 0.6) is 0 Å². The van der Waals surface area contributed by atoms with Gasteiger partial charge < -0.3 is 5.32 Å². The number of amides is 1. The van der Waals surface area contributed by atoms with Crippen molar-refractivity contribution in [2.75, 3.05) is 5.32 Å². The molecule has 2 aliphatic carbocycles. The molecule has 2 fully saturated rings. The Bertz CT molecular complexity index is 576. The fourth-order valence-electron chi connectivity index (χ4n) is 3.53. The number of fused-ring (bicyclic) bond motifs is 2. The third-order valence-electron chi connectivity index (χ3n) is 4.49. The zero-order valence-electron chi connectivity index (χ0n) is 10.8. The lowest BCUT2D eigenvalue weighted by Crippen LogP contribution is -2.27. The highest BCUT2D eigenvalue weighted by Gasteiger charge is 2.43. The highest BCUT2D eigenvalue weighted by Crippen LogP contribution is 2.48. The minimum atomic E-state index is -0.546. The summed E-state index contributed by atoms with van der Waals surface area (Å²) in [5.74, 6) is 1.22. The Kier molecular flexibility index (Phi) is 3.38. The Morgan fingerprint density at radius 3 is 2.75 bits per heavy atom. The topological polar surface area (TPSA) is 72.2 Å². The fourth-order valence-corrected chi connectivity index (χ4v) is 3.72.